The number of hydrogen-bond acceptors (Lipinski definition) is 7. The van der Waals surface area contributed by atoms with E-state index in [1.165, 1.54) is 14.2 Å². The maximum absolute atomic E-state index is 13.2. The third-order valence-electron chi connectivity index (χ3n) is 5.26. The lowest BCUT2D eigenvalue weighted by Gasteiger charge is -2.37. The number of carbonyl (C=O) groups excluding carboxylic acids is 2. The first kappa shape index (κ1) is 22.3. The quantitative estimate of drug-likeness (QED) is 0.717. The van der Waals surface area contributed by atoms with Crippen LogP contribution in [0.3, 0.4) is 0 Å². The Morgan fingerprint density at radius 2 is 1.55 bits per heavy atom. The molecule has 2 amide bonds. The topological polar surface area (TPSA) is 96.9 Å². The van der Waals surface area contributed by atoms with Crippen molar-refractivity contribution >= 4 is 17.8 Å². The number of amides is 2. The van der Waals surface area contributed by atoms with Crippen LogP contribution in [-0.2, 0) is 4.79 Å². The number of nitrogens with one attached hydrogen (secondary N) is 1. The van der Waals surface area contributed by atoms with Gasteiger partial charge in [-0.1, -0.05) is 13.8 Å². The van der Waals surface area contributed by atoms with Crippen molar-refractivity contribution in [2.45, 2.75) is 19.9 Å². The van der Waals surface area contributed by atoms with Crippen molar-refractivity contribution < 1.29 is 19.1 Å². The van der Waals surface area contributed by atoms with E-state index in [0.717, 1.165) is 0 Å². The molecule has 1 aromatic heterocycles. The Hall–Kier alpha value is -3.36. The molecule has 31 heavy (non-hydrogen) atoms. The Kier molecular flexibility index (Phi) is 7.28. The van der Waals surface area contributed by atoms with Gasteiger partial charge >= 0.3 is 0 Å². The number of methoxy groups -OCH3 is 2. The molecule has 0 spiro atoms. The maximum Gasteiger partial charge on any atom is 0.252 e. The van der Waals surface area contributed by atoms with E-state index in [2.05, 4.69) is 20.2 Å². The van der Waals surface area contributed by atoms with Crippen molar-refractivity contribution in [1.29, 1.82) is 0 Å². The van der Waals surface area contributed by atoms with Gasteiger partial charge in [-0.3, -0.25) is 9.59 Å². The zero-order valence-electron chi connectivity index (χ0n) is 18.4. The van der Waals surface area contributed by atoms with E-state index < -0.39 is 6.04 Å². The molecule has 1 N–H and O–H groups in total. The van der Waals surface area contributed by atoms with Crippen LogP contribution in [0.4, 0.5) is 5.95 Å². The van der Waals surface area contributed by atoms with Crippen molar-refractivity contribution in [3.63, 3.8) is 0 Å². The molecule has 0 saturated carbocycles. The summed E-state index contributed by atoms with van der Waals surface area (Å²) in [6.07, 6.45) is 3.41. The number of carbonyl (C=O) groups is 2. The summed E-state index contributed by atoms with van der Waals surface area (Å²) >= 11 is 0. The van der Waals surface area contributed by atoms with Gasteiger partial charge in [-0.05, 0) is 24.1 Å². The van der Waals surface area contributed by atoms with Gasteiger partial charge in [-0.15, -0.1) is 0 Å². The number of nitrogens with zero attached hydrogens (tertiary/aromatic N) is 4. The fraction of sp³-hybridized carbons (Fsp3) is 0.455. The van der Waals surface area contributed by atoms with Crippen LogP contribution in [0.1, 0.15) is 24.2 Å². The van der Waals surface area contributed by atoms with Crippen LogP contribution in [-0.4, -0.2) is 73.1 Å². The summed E-state index contributed by atoms with van der Waals surface area (Å²) in [5, 5.41) is 2.90. The van der Waals surface area contributed by atoms with Gasteiger partial charge in [0.05, 0.1) is 14.2 Å². The van der Waals surface area contributed by atoms with Crippen molar-refractivity contribution in [2.75, 3.05) is 45.3 Å². The largest absolute Gasteiger partial charge is 0.497 e. The van der Waals surface area contributed by atoms with Gasteiger partial charge in [-0.25, -0.2) is 9.97 Å². The molecule has 1 aliphatic rings. The summed E-state index contributed by atoms with van der Waals surface area (Å²) in [5.74, 6) is 1.18. The Balaban J connectivity index is 1.67. The first-order chi connectivity index (χ1) is 14.9. The molecule has 1 fully saturated rings. The van der Waals surface area contributed by atoms with Crippen LogP contribution in [0, 0.1) is 5.92 Å². The second kappa shape index (κ2) is 10.1. The number of hydrogen-bond donors (Lipinski definition) is 1. The molecule has 3 rings (SSSR count). The van der Waals surface area contributed by atoms with Crippen LogP contribution in [0.25, 0.3) is 0 Å². The van der Waals surface area contributed by atoms with Gasteiger partial charge < -0.3 is 24.6 Å². The van der Waals surface area contributed by atoms with E-state index >= 15 is 0 Å². The standard InChI is InChI=1S/C22H29N5O4/c1-15(2)19(25-20(28)16-12-17(30-3)14-18(13-16)31-4)21(29)26-8-10-27(11-9-26)22-23-6-5-7-24-22/h5-7,12-15,19H,8-11H2,1-4H3,(H,25,28). The van der Waals surface area contributed by atoms with Gasteiger partial charge in [-0.2, -0.15) is 0 Å². The molecule has 9 nitrogen and oxygen atoms in total. The zero-order chi connectivity index (χ0) is 22.4. The minimum absolute atomic E-state index is 0.0700. The van der Waals surface area contributed by atoms with Gasteiger partial charge in [0.25, 0.3) is 5.91 Å². The minimum Gasteiger partial charge on any atom is -0.497 e. The van der Waals surface area contributed by atoms with Gasteiger partial charge in [0.1, 0.15) is 17.5 Å². The molecule has 1 atom stereocenters. The lowest BCUT2D eigenvalue weighted by molar-refractivity contribution is -0.134. The van der Waals surface area contributed by atoms with Gasteiger partial charge in [0, 0.05) is 50.2 Å². The van der Waals surface area contributed by atoms with E-state index in [0.29, 0.717) is 49.2 Å². The average Bonchev–Trinajstić information content (AvgIpc) is 2.82. The molecule has 2 heterocycles. The molecule has 1 aromatic carbocycles. The summed E-state index contributed by atoms with van der Waals surface area (Å²) in [4.78, 5) is 38.5. The highest BCUT2D eigenvalue weighted by atomic mass is 16.5. The van der Waals surface area contributed by atoms with Crippen LogP contribution >= 0.6 is 0 Å². The molecular formula is C22H29N5O4. The fourth-order valence-electron chi connectivity index (χ4n) is 3.45. The third-order valence-corrected chi connectivity index (χ3v) is 5.26. The Morgan fingerprint density at radius 1 is 0.968 bits per heavy atom. The van der Waals surface area contributed by atoms with Gasteiger partial charge in [0.2, 0.25) is 11.9 Å². The number of ether oxygens (including phenoxy) is 2. The highest BCUT2D eigenvalue weighted by Crippen LogP contribution is 2.23. The monoisotopic (exact) mass is 427 g/mol. The smallest absolute Gasteiger partial charge is 0.252 e. The molecule has 1 unspecified atom stereocenters. The SMILES string of the molecule is COc1cc(OC)cc(C(=O)NC(C(=O)N2CCN(c3ncccn3)CC2)C(C)C)c1. The van der Waals surface area contributed by atoms with E-state index in [4.69, 9.17) is 9.47 Å². The fourth-order valence-corrected chi connectivity index (χ4v) is 3.45. The van der Waals surface area contributed by atoms with Gasteiger partial charge in [0.15, 0.2) is 0 Å². The predicted molar refractivity (Wildman–Crippen MR) is 116 cm³/mol. The average molecular weight is 428 g/mol. The molecule has 9 heteroatoms. The van der Waals surface area contributed by atoms with Crippen LogP contribution < -0.4 is 19.7 Å². The molecule has 1 saturated heterocycles. The molecule has 166 valence electrons. The maximum atomic E-state index is 13.2. The van der Waals surface area contributed by atoms with Crippen LogP contribution in [0.5, 0.6) is 11.5 Å². The number of piperazine rings is 1. The summed E-state index contributed by atoms with van der Waals surface area (Å²) in [6, 6.07) is 6.08. The molecule has 0 bridgehead atoms. The summed E-state index contributed by atoms with van der Waals surface area (Å²) in [5.41, 5.74) is 0.376. The second-order valence-corrected chi connectivity index (χ2v) is 7.66. The first-order valence-electron chi connectivity index (χ1n) is 10.3. The van der Waals surface area contributed by atoms with Crippen LogP contribution in [0.15, 0.2) is 36.7 Å². The predicted octanol–water partition coefficient (Wildman–Crippen LogP) is 1.60. The molecule has 2 aromatic rings. The Morgan fingerprint density at radius 3 is 2.06 bits per heavy atom. The summed E-state index contributed by atoms with van der Waals surface area (Å²) in [7, 11) is 3.05. The van der Waals surface area contributed by atoms with Crippen LogP contribution in [0.2, 0.25) is 0 Å². The van der Waals surface area contributed by atoms with E-state index in [-0.39, 0.29) is 17.7 Å². The normalized spacial score (nSPS) is 14.9. The number of benzene rings is 1. The molecular weight excluding hydrogens is 398 g/mol. The minimum atomic E-state index is -0.635. The van der Waals surface area contributed by atoms with E-state index in [9.17, 15) is 9.59 Å². The lowest BCUT2D eigenvalue weighted by atomic mass is 10.0. The highest BCUT2D eigenvalue weighted by molar-refractivity contribution is 5.98. The van der Waals surface area contributed by atoms with E-state index in [1.54, 1.807) is 41.6 Å². The highest BCUT2D eigenvalue weighted by Gasteiger charge is 2.31. The Labute approximate surface area is 182 Å². The van der Waals surface area contributed by atoms with Crippen molar-refractivity contribution in [3.05, 3.63) is 42.2 Å². The zero-order valence-corrected chi connectivity index (χ0v) is 18.4. The number of anilines is 1. The van der Waals surface area contributed by atoms with Crippen molar-refractivity contribution in [3.8, 4) is 11.5 Å². The number of aromatic nitrogens is 2. The third kappa shape index (κ3) is 5.42. The second-order valence-electron chi connectivity index (χ2n) is 7.66. The molecule has 1 aliphatic heterocycles. The number of rotatable bonds is 7. The first-order valence-corrected chi connectivity index (χ1v) is 10.3. The summed E-state index contributed by atoms with van der Waals surface area (Å²) in [6.45, 7) is 6.21. The summed E-state index contributed by atoms with van der Waals surface area (Å²) < 4.78 is 10.5. The van der Waals surface area contributed by atoms with Crippen molar-refractivity contribution in [2.24, 2.45) is 5.92 Å². The molecule has 0 radical (unpaired) electrons. The van der Waals surface area contributed by atoms with E-state index in [1.807, 2.05) is 13.8 Å². The van der Waals surface area contributed by atoms with Crippen molar-refractivity contribution in [1.82, 2.24) is 20.2 Å². The lowest BCUT2D eigenvalue weighted by Crippen LogP contribution is -2.56. The Bertz CT molecular complexity index is 876. The molecule has 0 aliphatic carbocycles.